The highest BCUT2D eigenvalue weighted by Gasteiger charge is 2.26. The summed E-state index contributed by atoms with van der Waals surface area (Å²) in [5.41, 5.74) is 0.909. The molecular weight excluding hydrogens is 380 g/mol. The number of aromatic nitrogens is 3. The van der Waals surface area contributed by atoms with Crippen LogP contribution in [0, 0.1) is 12.8 Å². The van der Waals surface area contributed by atoms with E-state index in [4.69, 9.17) is 0 Å². The third-order valence-electron chi connectivity index (χ3n) is 3.89. The van der Waals surface area contributed by atoms with Gasteiger partial charge in [-0.15, -0.1) is 0 Å². The van der Waals surface area contributed by atoms with E-state index in [1.54, 1.807) is 18.5 Å². The predicted octanol–water partition coefficient (Wildman–Crippen LogP) is 3.12. The van der Waals surface area contributed by atoms with Crippen molar-refractivity contribution in [2.24, 2.45) is 5.92 Å². The van der Waals surface area contributed by atoms with E-state index in [0.717, 1.165) is 17.9 Å². The molecule has 0 radical (unpaired) electrons. The van der Waals surface area contributed by atoms with Crippen molar-refractivity contribution in [3.8, 4) is 0 Å². The molecule has 1 aliphatic carbocycles. The Morgan fingerprint density at radius 1 is 1.43 bits per heavy atom. The zero-order chi connectivity index (χ0) is 16.6. The molecule has 0 unspecified atom stereocenters. The Bertz CT molecular complexity index is 828. The van der Waals surface area contributed by atoms with Crippen LogP contribution in [0.15, 0.2) is 28.0 Å². The Morgan fingerprint density at radius 3 is 2.83 bits per heavy atom. The molecule has 1 fully saturated rings. The second kappa shape index (κ2) is 6.24. The van der Waals surface area contributed by atoms with Gasteiger partial charge in [-0.2, -0.15) is 8.42 Å². The van der Waals surface area contributed by atoms with Crippen LogP contribution in [-0.2, 0) is 23.0 Å². The van der Waals surface area contributed by atoms with E-state index in [1.807, 2.05) is 18.4 Å². The molecule has 2 aromatic rings. The van der Waals surface area contributed by atoms with E-state index in [1.165, 1.54) is 12.8 Å². The third-order valence-corrected chi connectivity index (χ3v) is 6.10. The maximum absolute atomic E-state index is 12.6. The summed E-state index contributed by atoms with van der Waals surface area (Å²) in [6.45, 7) is 4.70. The summed E-state index contributed by atoms with van der Waals surface area (Å²) < 4.78 is 30.3. The molecule has 1 aliphatic rings. The Kier molecular flexibility index (Phi) is 4.46. The van der Waals surface area contributed by atoms with Crippen molar-refractivity contribution < 1.29 is 8.42 Å². The molecule has 0 aromatic carbocycles. The summed E-state index contributed by atoms with van der Waals surface area (Å²) in [6.07, 6.45) is 6.32. The second-order valence-corrected chi connectivity index (χ2v) is 8.26. The molecule has 3 rings (SSSR count). The topological polar surface area (TPSA) is 76.9 Å². The van der Waals surface area contributed by atoms with Crippen LogP contribution in [0.3, 0.4) is 0 Å². The van der Waals surface area contributed by atoms with Gasteiger partial charge in [0.2, 0.25) is 0 Å². The quantitative estimate of drug-likeness (QED) is 0.810. The molecule has 124 valence electrons. The fourth-order valence-electron chi connectivity index (χ4n) is 2.37. The summed E-state index contributed by atoms with van der Waals surface area (Å²) in [6, 6.07) is 1.81. The van der Waals surface area contributed by atoms with E-state index in [9.17, 15) is 8.42 Å². The number of imidazole rings is 1. The maximum Gasteiger partial charge on any atom is 0.282 e. The highest BCUT2D eigenvalue weighted by Crippen LogP contribution is 2.31. The number of pyridine rings is 1. The highest BCUT2D eigenvalue weighted by molar-refractivity contribution is 9.10. The average molecular weight is 399 g/mol. The van der Waals surface area contributed by atoms with Crippen molar-refractivity contribution in [2.45, 2.75) is 44.7 Å². The highest BCUT2D eigenvalue weighted by atomic mass is 79.9. The number of rotatable bonds is 6. The minimum absolute atomic E-state index is 0.0465. The molecule has 23 heavy (non-hydrogen) atoms. The average Bonchev–Trinajstić information content (AvgIpc) is 3.21. The number of halogens is 1. The molecule has 0 bridgehead atoms. The molecule has 1 saturated carbocycles. The molecule has 2 aromatic heterocycles. The minimum atomic E-state index is -3.75. The van der Waals surface area contributed by atoms with Gasteiger partial charge >= 0.3 is 0 Å². The van der Waals surface area contributed by atoms with Crippen molar-refractivity contribution in [1.29, 1.82) is 0 Å². The van der Waals surface area contributed by atoms with E-state index >= 15 is 0 Å². The van der Waals surface area contributed by atoms with Crippen LogP contribution in [0.1, 0.15) is 31.2 Å². The van der Waals surface area contributed by atoms with Crippen molar-refractivity contribution in [2.75, 3.05) is 4.72 Å². The van der Waals surface area contributed by atoms with Gasteiger partial charge in [0.15, 0.2) is 10.8 Å². The molecule has 1 N–H and O–H groups in total. The molecule has 8 heteroatoms. The van der Waals surface area contributed by atoms with Crippen LogP contribution in [0.5, 0.6) is 0 Å². The van der Waals surface area contributed by atoms with Gasteiger partial charge in [-0.05, 0) is 53.2 Å². The molecular formula is C15H19BrN4O2S. The van der Waals surface area contributed by atoms with Crippen molar-refractivity contribution >= 4 is 31.8 Å². The van der Waals surface area contributed by atoms with Gasteiger partial charge in [0, 0.05) is 25.4 Å². The third kappa shape index (κ3) is 3.58. The molecule has 0 spiro atoms. The van der Waals surface area contributed by atoms with E-state index in [0.29, 0.717) is 16.8 Å². The van der Waals surface area contributed by atoms with Gasteiger partial charge in [0.25, 0.3) is 10.0 Å². The largest absolute Gasteiger partial charge is 0.333 e. The van der Waals surface area contributed by atoms with Crippen LogP contribution < -0.4 is 4.72 Å². The standard InChI is InChI=1S/C15H19BrN4O2S/c1-3-12-18-13(9-20(12)8-11-4-5-11)23(21,22)19-15-14(16)10(2)6-7-17-15/h6-7,9,11H,3-5,8H2,1-2H3,(H,17,19). The van der Waals surface area contributed by atoms with E-state index < -0.39 is 10.0 Å². The summed E-state index contributed by atoms with van der Waals surface area (Å²) >= 11 is 3.36. The van der Waals surface area contributed by atoms with Gasteiger partial charge in [-0.25, -0.2) is 9.97 Å². The zero-order valence-corrected chi connectivity index (χ0v) is 15.5. The number of sulfonamides is 1. The summed E-state index contributed by atoms with van der Waals surface area (Å²) in [7, 11) is -3.75. The summed E-state index contributed by atoms with van der Waals surface area (Å²) in [4.78, 5) is 8.38. The van der Waals surface area contributed by atoms with Crippen LogP contribution in [-0.4, -0.2) is 23.0 Å². The first-order chi connectivity index (χ1) is 10.9. The SMILES string of the molecule is CCc1nc(S(=O)(=O)Nc2nccc(C)c2Br)cn1CC1CC1. The van der Waals surface area contributed by atoms with Crippen molar-refractivity contribution in [1.82, 2.24) is 14.5 Å². The number of nitrogens with one attached hydrogen (secondary N) is 1. The lowest BCUT2D eigenvalue weighted by molar-refractivity contribution is 0.594. The first-order valence-electron chi connectivity index (χ1n) is 7.60. The molecule has 2 heterocycles. The minimum Gasteiger partial charge on any atom is -0.333 e. The van der Waals surface area contributed by atoms with Gasteiger partial charge < -0.3 is 4.57 Å². The number of anilines is 1. The Hall–Kier alpha value is -1.41. The fourth-order valence-corrected chi connectivity index (χ4v) is 3.84. The lowest BCUT2D eigenvalue weighted by atomic mass is 10.3. The maximum atomic E-state index is 12.6. The lowest BCUT2D eigenvalue weighted by Crippen LogP contribution is -2.15. The Balaban J connectivity index is 1.89. The second-order valence-electron chi connectivity index (χ2n) is 5.84. The van der Waals surface area contributed by atoms with E-state index in [2.05, 4.69) is 30.6 Å². The summed E-state index contributed by atoms with van der Waals surface area (Å²) in [5.74, 6) is 1.74. The van der Waals surface area contributed by atoms with Crippen LogP contribution in [0.25, 0.3) is 0 Å². The van der Waals surface area contributed by atoms with Crippen LogP contribution >= 0.6 is 15.9 Å². The molecule has 0 aliphatic heterocycles. The van der Waals surface area contributed by atoms with Crippen LogP contribution in [0.4, 0.5) is 5.82 Å². The molecule has 0 saturated heterocycles. The first kappa shape index (κ1) is 16.4. The van der Waals surface area contributed by atoms with E-state index in [-0.39, 0.29) is 10.8 Å². The van der Waals surface area contributed by atoms with Crippen LogP contribution in [0.2, 0.25) is 0 Å². The predicted molar refractivity (Wildman–Crippen MR) is 91.8 cm³/mol. The zero-order valence-electron chi connectivity index (χ0n) is 13.1. The lowest BCUT2D eigenvalue weighted by Gasteiger charge is -2.08. The van der Waals surface area contributed by atoms with Crippen molar-refractivity contribution in [3.63, 3.8) is 0 Å². The number of nitrogens with zero attached hydrogens (tertiary/aromatic N) is 3. The number of hydrogen-bond acceptors (Lipinski definition) is 4. The normalized spacial score (nSPS) is 14.9. The van der Waals surface area contributed by atoms with Gasteiger partial charge in [-0.1, -0.05) is 6.92 Å². The first-order valence-corrected chi connectivity index (χ1v) is 9.88. The molecule has 0 amide bonds. The van der Waals surface area contributed by atoms with Gasteiger partial charge in [-0.3, -0.25) is 4.72 Å². The Labute approximate surface area is 144 Å². The summed E-state index contributed by atoms with van der Waals surface area (Å²) in [5, 5.41) is 0.0465. The smallest absolute Gasteiger partial charge is 0.282 e. The monoisotopic (exact) mass is 398 g/mol. The molecule has 6 nitrogen and oxygen atoms in total. The van der Waals surface area contributed by atoms with Gasteiger partial charge in [0.05, 0.1) is 4.47 Å². The van der Waals surface area contributed by atoms with Gasteiger partial charge in [0.1, 0.15) is 5.82 Å². The molecule has 0 atom stereocenters. The van der Waals surface area contributed by atoms with Crippen molar-refractivity contribution in [3.05, 3.63) is 34.3 Å². The Morgan fingerprint density at radius 2 is 2.17 bits per heavy atom. The number of aryl methyl sites for hydroxylation is 2. The fraction of sp³-hybridized carbons (Fsp3) is 0.467. The number of hydrogen-bond donors (Lipinski definition) is 1.